The van der Waals surface area contributed by atoms with Crippen molar-refractivity contribution in [3.8, 4) is 16.9 Å². The normalized spacial score (nSPS) is 24.8. The second kappa shape index (κ2) is 5.15. The molecule has 0 radical (unpaired) electrons. The first-order valence-electron chi connectivity index (χ1n) is 8.35. The van der Waals surface area contributed by atoms with Crippen LogP contribution in [0.1, 0.15) is 17.9 Å². The molecule has 0 aromatic heterocycles. The molecular formula is C19H19ClN2O. The molecule has 3 aliphatic rings. The zero-order chi connectivity index (χ0) is 15.4. The van der Waals surface area contributed by atoms with Crippen molar-refractivity contribution >= 4 is 17.3 Å². The van der Waals surface area contributed by atoms with Gasteiger partial charge in [0.15, 0.2) is 0 Å². The Morgan fingerprint density at radius 1 is 1.17 bits per heavy atom. The van der Waals surface area contributed by atoms with Gasteiger partial charge in [-0.2, -0.15) is 0 Å². The molecule has 3 heterocycles. The average Bonchev–Trinajstić information content (AvgIpc) is 2.91. The standard InChI is InChI=1S/C19H19ClN2O/c20-14-3-1-2-12(8-14)13-9-15-16-11-21-5-4-17(16)22-6-7-23-18(10-13)19(15)22/h1-3,8-10,16-17,21H,4-7,11H2/t16-,17-/m0/s1. The van der Waals surface area contributed by atoms with E-state index in [1.54, 1.807) is 0 Å². The highest BCUT2D eigenvalue weighted by molar-refractivity contribution is 6.30. The number of nitrogens with zero attached hydrogens (tertiary/aromatic N) is 1. The number of rotatable bonds is 1. The van der Waals surface area contributed by atoms with Crippen LogP contribution in [0.25, 0.3) is 11.1 Å². The summed E-state index contributed by atoms with van der Waals surface area (Å²) in [6.07, 6.45) is 1.21. The van der Waals surface area contributed by atoms with Gasteiger partial charge in [0.25, 0.3) is 0 Å². The minimum atomic E-state index is 0.568. The molecule has 3 nitrogen and oxygen atoms in total. The van der Waals surface area contributed by atoms with Crippen molar-refractivity contribution in [1.82, 2.24) is 5.32 Å². The van der Waals surface area contributed by atoms with Crippen LogP contribution in [0.3, 0.4) is 0 Å². The van der Waals surface area contributed by atoms with Crippen molar-refractivity contribution in [2.24, 2.45) is 0 Å². The maximum absolute atomic E-state index is 6.18. The highest BCUT2D eigenvalue weighted by Crippen LogP contribution is 2.51. The first kappa shape index (κ1) is 13.7. The van der Waals surface area contributed by atoms with Crippen LogP contribution in [0, 0.1) is 0 Å². The third-order valence-corrected chi connectivity index (χ3v) is 5.62. The van der Waals surface area contributed by atoms with Crippen molar-refractivity contribution < 1.29 is 4.74 Å². The number of anilines is 1. The first-order chi connectivity index (χ1) is 11.3. The second-order valence-corrected chi connectivity index (χ2v) is 7.07. The minimum Gasteiger partial charge on any atom is -0.490 e. The Labute approximate surface area is 141 Å². The van der Waals surface area contributed by atoms with E-state index in [0.717, 1.165) is 42.6 Å². The molecule has 4 heteroatoms. The number of halogens is 1. The minimum absolute atomic E-state index is 0.568. The van der Waals surface area contributed by atoms with Crippen LogP contribution < -0.4 is 15.0 Å². The van der Waals surface area contributed by atoms with Crippen molar-refractivity contribution in [3.63, 3.8) is 0 Å². The molecule has 23 heavy (non-hydrogen) atoms. The van der Waals surface area contributed by atoms with Gasteiger partial charge in [0.1, 0.15) is 12.4 Å². The van der Waals surface area contributed by atoms with E-state index in [2.05, 4.69) is 28.4 Å². The van der Waals surface area contributed by atoms with E-state index in [0.29, 0.717) is 12.0 Å². The molecule has 5 rings (SSSR count). The maximum Gasteiger partial charge on any atom is 0.143 e. The van der Waals surface area contributed by atoms with Gasteiger partial charge >= 0.3 is 0 Å². The summed E-state index contributed by atoms with van der Waals surface area (Å²) >= 11 is 6.18. The molecule has 0 spiro atoms. The number of piperidine rings is 1. The van der Waals surface area contributed by atoms with Gasteiger partial charge in [-0.05, 0) is 53.9 Å². The lowest BCUT2D eigenvalue weighted by Gasteiger charge is -2.36. The van der Waals surface area contributed by atoms with Crippen molar-refractivity contribution in [2.75, 3.05) is 31.1 Å². The van der Waals surface area contributed by atoms with Crippen LogP contribution in [0.4, 0.5) is 5.69 Å². The third kappa shape index (κ3) is 2.07. The largest absolute Gasteiger partial charge is 0.490 e. The number of nitrogens with one attached hydrogen (secondary N) is 1. The highest BCUT2D eigenvalue weighted by Gasteiger charge is 2.43. The van der Waals surface area contributed by atoms with Crippen LogP contribution in [0.2, 0.25) is 5.02 Å². The van der Waals surface area contributed by atoms with E-state index >= 15 is 0 Å². The Balaban J connectivity index is 1.68. The van der Waals surface area contributed by atoms with Gasteiger partial charge < -0.3 is 15.0 Å². The third-order valence-electron chi connectivity index (χ3n) is 5.38. The van der Waals surface area contributed by atoms with Gasteiger partial charge in [-0.3, -0.25) is 0 Å². The van der Waals surface area contributed by atoms with Crippen molar-refractivity contribution in [2.45, 2.75) is 18.4 Å². The summed E-state index contributed by atoms with van der Waals surface area (Å²) in [4.78, 5) is 2.58. The molecule has 118 valence electrons. The van der Waals surface area contributed by atoms with Gasteiger partial charge in [0.05, 0.1) is 12.2 Å². The molecule has 0 amide bonds. The Morgan fingerprint density at radius 3 is 3.04 bits per heavy atom. The Morgan fingerprint density at radius 2 is 2.13 bits per heavy atom. The quantitative estimate of drug-likeness (QED) is 0.865. The number of ether oxygens (including phenoxy) is 1. The fourth-order valence-corrected chi connectivity index (χ4v) is 4.59. The van der Waals surface area contributed by atoms with E-state index in [1.165, 1.54) is 23.2 Å². The molecule has 2 aromatic carbocycles. The van der Waals surface area contributed by atoms with Crippen molar-refractivity contribution in [3.05, 3.63) is 47.0 Å². The smallest absolute Gasteiger partial charge is 0.143 e. The SMILES string of the molecule is Clc1cccc(-c2cc3c4c(c2)[C@@H]2CNCC[C@@H]2N4CCO3)c1. The van der Waals surface area contributed by atoms with Crippen LogP contribution in [0.15, 0.2) is 36.4 Å². The van der Waals surface area contributed by atoms with Crippen LogP contribution in [-0.2, 0) is 0 Å². The fourth-order valence-electron chi connectivity index (χ4n) is 4.40. The van der Waals surface area contributed by atoms with Gasteiger partial charge in [-0.1, -0.05) is 23.7 Å². The van der Waals surface area contributed by atoms with E-state index in [-0.39, 0.29) is 0 Å². The summed E-state index contributed by atoms with van der Waals surface area (Å²) in [6.45, 7) is 3.97. The Kier molecular flexibility index (Phi) is 3.07. The van der Waals surface area contributed by atoms with E-state index in [9.17, 15) is 0 Å². The fraction of sp³-hybridized carbons (Fsp3) is 0.368. The molecule has 3 aliphatic heterocycles. The summed E-state index contributed by atoms with van der Waals surface area (Å²) in [7, 11) is 0. The Hall–Kier alpha value is -1.71. The summed E-state index contributed by atoms with van der Waals surface area (Å²) < 4.78 is 6.02. The monoisotopic (exact) mass is 326 g/mol. The molecule has 0 unspecified atom stereocenters. The maximum atomic E-state index is 6.18. The molecule has 2 aromatic rings. The van der Waals surface area contributed by atoms with Gasteiger partial charge in [0.2, 0.25) is 0 Å². The Bertz CT molecular complexity index is 776. The van der Waals surface area contributed by atoms with Crippen LogP contribution in [-0.4, -0.2) is 32.3 Å². The molecule has 1 saturated heterocycles. The molecule has 0 saturated carbocycles. The lowest BCUT2D eigenvalue weighted by atomic mass is 9.88. The number of hydrogen-bond acceptors (Lipinski definition) is 3. The van der Waals surface area contributed by atoms with Gasteiger partial charge in [-0.15, -0.1) is 0 Å². The van der Waals surface area contributed by atoms with E-state index in [1.807, 2.05) is 18.2 Å². The van der Waals surface area contributed by atoms with Crippen LogP contribution >= 0.6 is 11.6 Å². The van der Waals surface area contributed by atoms with Gasteiger partial charge in [0, 0.05) is 23.5 Å². The second-order valence-electron chi connectivity index (χ2n) is 6.63. The molecule has 1 N–H and O–H groups in total. The molecule has 0 aliphatic carbocycles. The molecular weight excluding hydrogens is 308 g/mol. The highest BCUT2D eigenvalue weighted by atomic mass is 35.5. The molecule has 0 bridgehead atoms. The molecule has 2 atom stereocenters. The van der Waals surface area contributed by atoms with Gasteiger partial charge in [-0.25, -0.2) is 0 Å². The lowest BCUT2D eigenvalue weighted by Crippen LogP contribution is -2.46. The first-order valence-corrected chi connectivity index (χ1v) is 8.73. The predicted octanol–water partition coefficient (Wildman–Crippen LogP) is 3.66. The van der Waals surface area contributed by atoms with E-state index in [4.69, 9.17) is 16.3 Å². The van der Waals surface area contributed by atoms with E-state index < -0.39 is 0 Å². The zero-order valence-electron chi connectivity index (χ0n) is 12.9. The summed E-state index contributed by atoms with van der Waals surface area (Å²) in [5.74, 6) is 1.61. The lowest BCUT2D eigenvalue weighted by molar-refractivity contribution is 0.295. The predicted molar refractivity (Wildman–Crippen MR) is 93.7 cm³/mol. The average molecular weight is 327 g/mol. The topological polar surface area (TPSA) is 24.5 Å². The zero-order valence-corrected chi connectivity index (χ0v) is 13.6. The summed E-state index contributed by atoms with van der Waals surface area (Å²) in [6, 6.07) is 13.2. The summed E-state index contributed by atoms with van der Waals surface area (Å²) in [5, 5.41) is 4.34. The number of benzene rings is 2. The van der Waals surface area contributed by atoms with Crippen molar-refractivity contribution in [1.29, 1.82) is 0 Å². The van der Waals surface area contributed by atoms with Crippen LogP contribution in [0.5, 0.6) is 5.75 Å². The molecule has 1 fully saturated rings. The number of hydrogen-bond donors (Lipinski definition) is 1. The number of fused-ring (bicyclic) bond motifs is 3. The summed E-state index contributed by atoms with van der Waals surface area (Å²) in [5.41, 5.74) is 5.13.